The fourth-order valence-electron chi connectivity index (χ4n) is 1.97. The summed E-state index contributed by atoms with van der Waals surface area (Å²) in [6.45, 7) is 2.85. The molecule has 1 aromatic heterocycles. The van der Waals surface area contributed by atoms with Gasteiger partial charge in [-0.2, -0.15) is 0 Å². The Morgan fingerprint density at radius 2 is 2.50 bits per heavy atom. The highest BCUT2D eigenvalue weighted by Gasteiger charge is 2.32. The van der Waals surface area contributed by atoms with Gasteiger partial charge < -0.3 is 10.2 Å². The maximum absolute atomic E-state index is 5.74. The van der Waals surface area contributed by atoms with Gasteiger partial charge in [-0.15, -0.1) is 0 Å². The topological polar surface area (TPSA) is 39.2 Å². The van der Waals surface area contributed by atoms with Crippen LogP contribution in [0.3, 0.4) is 0 Å². The summed E-state index contributed by atoms with van der Waals surface area (Å²) in [6.07, 6.45) is 1.05. The van der Waals surface area contributed by atoms with E-state index in [9.17, 15) is 0 Å². The van der Waals surface area contributed by atoms with E-state index in [4.69, 9.17) is 21.8 Å². The Balaban J connectivity index is 2.38. The number of fused-ring (bicyclic) bond motifs is 1. The molecule has 2 atom stereocenters. The molecule has 0 amide bonds. The summed E-state index contributed by atoms with van der Waals surface area (Å²) in [4.78, 5) is 0. The molecular formula is C9H12ClNO. The van der Waals surface area contributed by atoms with Gasteiger partial charge in [0, 0.05) is 12.5 Å². The van der Waals surface area contributed by atoms with Gasteiger partial charge in [0.2, 0.25) is 0 Å². The third-order valence-electron chi connectivity index (χ3n) is 2.63. The number of hydrogen-bond acceptors (Lipinski definition) is 2. The largest absolute Gasteiger partial charge is 0.449 e. The zero-order valence-electron chi connectivity index (χ0n) is 7.01. The molecular weight excluding hydrogens is 174 g/mol. The maximum Gasteiger partial charge on any atom is 0.193 e. The monoisotopic (exact) mass is 185 g/mol. The average Bonchev–Trinajstić information content (AvgIpc) is 2.43. The third-order valence-corrected chi connectivity index (χ3v) is 2.82. The molecule has 2 N–H and O–H groups in total. The van der Waals surface area contributed by atoms with E-state index >= 15 is 0 Å². The molecule has 0 aromatic carbocycles. The summed E-state index contributed by atoms with van der Waals surface area (Å²) in [5.41, 5.74) is 6.88. The molecule has 0 fully saturated rings. The second kappa shape index (κ2) is 2.79. The quantitative estimate of drug-likeness (QED) is 0.729. The third kappa shape index (κ3) is 1.06. The van der Waals surface area contributed by atoms with Crippen LogP contribution < -0.4 is 5.73 Å². The van der Waals surface area contributed by atoms with Crippen LogP contribution in [0.5, 0.6) is 0 Å². The van der Waals surface area contributed by atoms with Crippen molar-refractivity contribution in [1.82, 2.24) is 0 Å². The minimum atomic E-state index is 0.368. The van der Waals surface area contributed by atoms with Gasteiger partial charge in [0.15, 0.2) is 5.22 Å². The van der Waals surface area contributed by atoms with Gasteiger partial charge in [-0.25, -0.2) is 0 Å². The number of nitrogens with two attached hydrogens (primary N) is 1. The SMILES string of the molecule is CC1Cc2cc(Cl)oc2C1CN. The van der Waals surface area contributed by atoms with Gasteiger partial charge in [-0.3, -0.25) is 0 Å². The normalized spacial score (nSPS) is 27.6. The van der Waals surface area contributed by atoms with Crippen molar-refractivity contribution in [3.63, 3.8) is 0 Å². The maximum atomic E-state index is 5.74. The first-order valence-electron chi connectivity index (χ1n) is 4.20. The van der Waals surface area contributed by atoms with E-state index in [0.717, 1.165) is 12.2 Å². The van der Waals surface area contributed by atoms with E-state index in [1.54, 1.807) is 0 Å². The predicted octanol–water partition coefficient (Wildman–Crippen LogP) is 2.17. The van der Waals surface area contributed by atoms with E-state index in [2.05, 4.69) is 6.92 Å². The van der Waals surface area contributed by atoms with E-state index in [1.165, 1.54) is 5.56 Å². The molecule has 1 heterocycles. The van der Waals surface area contributed by atoms with Crippen molar-refractivity contribution >= 4 is 11.6 Å². The summed E-state index contributed by atoms with van der Waals surface area (Å²) in [5.74, 6) is 1.98. The van der Waals surface area contributed by atoms with Crippen LogP contribution in [0.2, 0.25) is 5.22 Å². The molecule has 0 spiro atoms. The van der Waals surface area contributed by atoms with Gasteiger partial charge >= 0.3 is 0 Å². The van der Waals surface area contributed by atoms with Crippen LogP contribution in [0.1, 0.15) is 24.2 Å². The fourth-order valence-corrected chi connectivity index (χ4v) is 2.18. The summed E-state index contributed by atoms with van der Waals surface area (Å²) >= 11 is 5.74. The Hall–Kier alpha value is -0.470. The van der Waals surface area contributed by atoms with Crippen molar-refractivity contribution in [2.24, 2.45) is 11.7 Å². The smallest absolute Gasteiger partial charge is 0.193 e. The lowest BCUT2D eigenvalue weighted by molar-refractivity contribution is 0.417. The van der Waals surface area contributed by atoms with Crippen LogP contribution >= 0.6 is 11.6 Å². The standard InChI is InChI=1S/C9H12ClNO/c1-5-2-6-3-8(10)12-9(6)7(5)4-11/h3,5,7H,2,4,11H2,1H3. The first kappa shape index (κ1) is 8.14. The molecule has 1 aliphatic carbocycles. The zero-order chi connectivity index (χ0) is 8.72. The lowest BCUT2D eigenvalue weighted by Gasteiger charge is -2.11. The van der Waals surface area contributed by atoms with Crippen LogP contribution in [0.15, 0.2) is 10.5 Å². The van der Waals surface area contributed by atoms with Crippen LogP contribution in [-0.2, 0) is 6.42 Å². The second-order valence-corrected chi connectivity index (χ2v) is 3.84. The molecule has 2 rings (SSSR count). The van der Waals surface area contributed by atoms with Crippen LogP contribution in [0.25, 0.3) is 0 Å². The Kier molecular flexibility index (Phi) is 1.89. The summed E-state index contributed by atoms with van der Waals surface area (Å²) in [6, 6.07) is 1.91. The van der Waals surface area contributed by atoms with Crippen molar-refractivity contribution in [3.05, 3.63) is 22.6 Å². The molecule has 0 aliphatic heterocycles. The predicted molar refractivity (Wildman–Crippen MR) is 48.4 cm³/mol. The highest BCUT2D eigenvalue weighted by atomic mass is 35.5. The van der Waals surface area contributed by atoms with Gasteiger partial charge in [0.25, 0.3) is 0 Å². The molecule has 1 aromatic rings. The number of rotatable bonds is 1. The van der Waals surface area contributed by atoms with Crippen molar-refractivity contribution in [1.29, 1.82) is 0 Å². The van der Waals surface area contributed by atoms with E-state index < -0.39 is 0 Å². The second-order valence-electron chi connectivity index (χ2n) is 3.46. The van der Waals surface area contributed by atoms with Gasteiger partial charge in [0.05, 0.1) is 0 Å². The Bertz CT molecular complexity index is 295. The Labute approximate surface area is 76.7 Å². The molecule has 66 valence electrons. The van der Waals surface area contributed by atoms with Gasteiger partial charge in [0.1, 0.15) is 5.76 Å². The minimum Gasteiger partial charge on any atom is -0.449 e. The summed E-state index contributed by atoms with van der Waals surface area (Å²) < 4.78 is 5.39. The van der Waals surface area contributed by atoms with Crippen LogP contribution in [-0.4, -0.2) is 6.54 Å². The summed E-state index contributed by atoms with van der Waals surface area (Å²) in [5, 5.41) is 0.491. The molecule has 0 saturated carbocycles. The minimum absolute atomic E-state index is 0.368. The van der Waals surface area contributed by atoms with Crippen molar-refractivity contribution in [2.75, 3.05) is 6.54 Å². The fraction of sp³-hybridized carbons (Fsp3) is 0.556. The van der Waals surface area contributed by atoms with E-state index in [-0.39, 0.29) is 0 Å². The van der Waals surface area contributed by atoms with E-state index in [1.807, 2.05) is 6.07 Å². The van der Waals surface area contributed by atoms with Crippen molar-refractivity contribution in [2.45, 2.75) is 19.3 Å². The molecule has 12 heavy (non-hydrogen) atoms. The molecule has 0 radical (unpaired) electrons. The molecule has 2 nitrogen and oxygen atoms in total. The number of hydrogen-bond donors (Lipinski definition) is 1. The van der Waals surface area contributed by atoms with Crippen LogP contribution in [0.4, 0.5) is 0 Å². The highest BCUT2D eigenvalue weighted by molar-refractivity contribution is 6.28. The Morgan fingerprint density at radius 1 is 1.75 bits per heavy atom. The lowest BCUT2D eigenvalue weighted by atomic mass is 9.98. The van der Waals surface area contributed by atoms with E-state index in [0.29, 0.717) is 23.6 Å². The average molecular weight is 186 g/mol. The highest BCUT2D eigenvalue weighted by Crippen LogP contribution is 2.39. The molecule has 0 bridgehead atoms. The van der Waals surface area contributed by atoms with Crippen molar-refractivity contribution < 1.29 is 4.42 Å². The number of halogens is 1. The number of furan rings is 1. The molecule has 0 saturated heterocycles. The molecule has 3 heteroatoms. The van der Waals surface area contributed by atoms with Crippen molar-refractivity contribution in [3.8, 4) is 0 Å². The first-order chi connectivity index (χ1) is 5.72. The summed E-state index contributed by atoms with van der Waals surface area (Å²) in [7, 11) is 0. The zero-order valence-corrected chi connectivity index (χ0v) is 7.77. The van der Waals surface area contributed by atoms with Gasteiger partial charge in [-0.1, -0.05) is 6.92 Å². The lowest BCUT2D eigenvalue weighted by Crippen LogP contribution is -2.15. The molecule has 2 unspecified atom stereocenters. The molecule has 1 aliphatic rings. The van der Waals surface area contributed by atoms with Crippen LogP contribution in [0, 0.1) is 5.92 Å². The van der Waals surface area contributed by atoms with Gasteiger partial charge in [-0.05, 0) is 35.6 Å². The Morgan fingerprint density at radius 3 is 3.17 bits per heavy atom. The first-order valence-corrected chi connectivity index (χ1v) is 4.58.